The van der Waals surface area contributed by atoms with Crippen LogP contribution in [0, 0.1) is 55.4 Å². The van der Waals surface area contributed by atoms with E-state index in [4.69, 9.17) is 9.41 Å². The van der Waals surface area contributed by atoms with E-state index in [1.165, 1.54) is 94.4 Å². The first-order valence-corrected chi connectivity index (χ1v) is 31.5. The number of aromatic carboxylic acids is 2. The number of sulfonamides is 1. The van der Waals surface area contributed by atoms with E-state index in [2.05, 4.69) is 10.0 Å². The Morgan fingerprint density at radius 1 is 0.482 bits per heavy atom. The number of aromatic hydroxyl groups is 2. The number of carbonyl (C=O) groups is 2. The van der Waals surface area contributed by atoms with Gasteiger partial charge in [0.25, 0.3) is 30.3 Å². The van der Waals surface area contributed by atoms with Crippen molar-refractivity contribution in [3.05, 3.63) is 176 Å². The molecule has 0 saturated heterocycles. The second kappa shape index (κ2) is 20.9. The van der Waals surface area contributed by atoms with E-state index in [1.54, 1.807) is 52.0 Å². The lowest BCUT2D eigenvalue weighted by molar-refractivity contribution is 0.0682. The third-order valence-corrected chi connectivity index (χ3v) is 20.9. The van der Waals surface area contributed by atoms with Gasteiger partial charge in [0.15, 0.2) is 0 Å². The molecule has 2 aliphatic rings. The summed E-state index contributed by atoms with van der Waals surface area (Å²) in [6, 6.07) is 26.0. The maximum absolute atomic E-state index is 14.9. The van der Waals surface area contributed by atoms with Crippen LogP contribution in [-0.4, -0.2) is 75.1 Å². The van der Waals surface area contributed by atoms with Gasteiger partial charge in [-0.2, -0.15) is 16.8 Å². The SMILES string of the molecule is Cc1c(C)c(S(=O)(=O)c2cc(C(=O)O)c(O)c3ccccc23)c(C)c(C)c1N=c1cc2oc3cc(Nc4c(C)c(C)c(NS(=O)(=O)c5cc(C(=O)O)c(O)c6ccccc56)c(C)c4C)ccc3c(-c3ccccc3S(=O)(=O)O)c-2cc1S(=O)(=O)O. The first-order valence-electron chi connectivity index (χ1n) is 25.6. The molecule has 0 atom stereocenters. The molecule has 1 aliphatic heterocycles. The van der Waals surface area contributed by atoms with E-state index >= 15 is 0 Å². The van der Waals surface area contributed by atoms with Crippen LogP contribution in [0.4, 0.5) is 22.7 Å². The molecule has 0 aromatic heterocycles. The Labute approximate surface area is 486 Å². The second-order valence-corrected chi connectivity index (χ2v) is 26.8. The fraction of sp³-hybridized carbons (Fsp3) is 0.131. The van der Waals surface area contributed by atoms with Gasteiger partial charge >= 0.3 is 11.9 Å². The maximum atomic E-state index is 14.9. The highest BCUT2D eigenvalue weighted by Gasteiger charge is 2.33. The van der Waals surface area contributed by atoms with Gasteiger partial charge in [-0.1, -0.05) is 66.7 Å². The maximum Gasteiger partial charge on any atom is 0.339 e. The predicted molar refractivity (Wildman–Crippen MR) is 319 cm³/mol. The number of carboxylic acids is 2. The molecule has 20 nitrogen and oxygen atoms in total. The molecule has 24 heteroatoms. The molecule has 436 valence electrons. The minimum atomic E-state index is -5.23. The third kappa shape index (κ3) is 9.94. The summed E-state index contributed by atoms with van der Waals surface area (Å²) in [5.74, 6) is -4.43. The summed E-state index contributed by atoms with van der Waals surface area (Å²) in [5.41, 5.74) is 2.79. The molecule has 0 amide bonds. The summed E-state index contributed by atoms with van der Waals surface area (Å²) in [6.45, 7) is 12.9. The summed E-state index contributed by atoms with van der Waals surface area (Å²) in [7, 11) is -19.3. The van der Waals surface area contributed by atoms with Gasteiger partial charge in [-0.3, -0.25) is 13.8 Å². The van der Waals surface area contributed by atoms with Gasteiger partial charge in [-0.05, 0) is 136 Å². The van der Waals surface area contributed by atoms with Crippen LogP contribution in [0.5, 0.6) is 11.5 Å². The average molecular weight is 1230 g/mol. The molecule has 0 radical (unpaired) electrons. The summed E-state index contributed by atoms with van der Waals surface area (Å²) in [5, 5.41) is 44.8. The van der Waals surface area contributed by atoms with E-state index in [9.17, 15) is 72.8 Å². The van der Waals surface area contributed by atoms with Crippen molar-refractivity contribution in [1.29, 1.82) is 0 Å². The van der Waals surface area contributed by atoms with Gasteiger partial charge in [-0.25, -0.2) is 31.4 Å². The van der Waals surface area contributed by atoms with Crippen molar-refractivity contribution in [1.82, 2.24) is 0 Å². The van der Waals surface area contributed by atoms with Crippen LogP contribution < -0.4 is 15.4 Å². The summed E-state index contributed by atoms with van der Waals surface area (Å²) in [4.78, 5) is 26.9. The van der Waals surface area contributed by atoms with E-state index in [0.29, 0.717) is 33.6 Å². The smallest absolute Gasteiger partial charge is 0.339 e. The Hall–Kier alpha value is -9.17. The molecular formula is C61H51N3O17S4. The zero-order valence-electron chi connectivity index (χ0n) is 46.2. The number of carboxylic acid groups (broad SMARTS) is 2. The van der Waals surface area contributed by atoms with Gasteiger partial charge in [0.05, 0.1) is 31.4 Å². The second-order valence-electron chi connectivity index (χ2n) is 20.5. The van der Waals surface area contributed by atoms with Crippen LogP contribution in [0.1, 0.15) is 65.2 Å². The Morgan fingerprint density at radius 3 is 1.49 bits per heavy atom. The Morgan fingerprint density at radius 2 is 0.965 bits per heavy atom. The number of sulfone groups is 1. The molecule has 0 bridgehead atoms. The van der Waals surface area contributed by atoms with Gasteiger partial charge < -0.3 is 30.2 Å². The lowest BCUT2D eigenvalue weighted by atomic mass is 9.93. The number of hydrogen-bond acceptors (Lipinski definition) is 15. The molecule has 1 aliphatic carbocycles. The highest BCUT2D eigenvalue weighted by molar-refractivity contribution is 7.93. The van der Waals surface area contributed by atoms with E-state index in [1.807, 2.05) is 0 Å². The van der Waals surface area contributed by atoms with Gasteiger partial charge in [-0.15, -0.1) is 0 Å². The zero-order chi connectivity index (χ0) is 61.9. The molecule has 8 aromatic rings. The van der Waals surface area contributed by atoms with Crippen molar-refractivity contribution in [3.8, 4) is 33.9 Å². The molecule has 8 aromatic carbocycles. The molecule has 0 spiro atoms. The molecular weight excluding hydrogens is 1170 g/mol. The number of nitrogens with one attached hydrogen (secondary N) is 2. The first kappa shape index (κ1) is 59.0. The molecule has 8 N–H and O–H groups in total. The van der Waals surface area contributed by atoms with Gasteiger partial charge in [0, 0.05) is 67.1 Å². The van der Waals surface area contributed by atoms with Crippen molar-refractivity contribution in [3.63, 3.8) is 0 Å². The molecule has 0 unspecified atom stereocenters. The van der Waals surface area contributed by atoms with Crippen LogP contribution in [0.25, 0.3) is 55.0 Å². The normalized spacial score (nSPS) is 12.6. The fourth-order valence-electron chi connectivity index (χ4n) is 10.9. The number of nitrogens with zero attached hydrogens (tertiary/aromatic N) is 1. The topological polar surface area (TPSA) is 342 Å². The lowest BCUT2D eigenvalue weighted by Crippen LogP contribution is -2.17. The molecule has 0 fully saturated rings. The van der Waals surface area contributed by atoms with E-state index in [-0.39, 0.29) is 98.4 Å². The Kier molecular flexibility index (Phi) is 14.5. The summed E-state index contributed by atoms with van der Waals surface area (Å²) >= 11 is 0. The molecule has 85 heavy (non-hydrogen) atoms. The monoisotopic (exact) mass is 1230 g/mol. The average Bonchev–Trinajstić information content (AvgIpc) is 3.11. The van der Waals surface area contributed by atoms with Crippen molar-refractivity contribution >= 4 is 107 Å². The quantitative estimate of drug-likeness (QED) is 0.0393. The van der Waals surface area contributed by atoms with E-state index < -0.39 is 94.7 Å². The largest absolute Gasteiger partial charge is 0.506 e. The van der Waals surface area contributed by atoms with Crippen molar-refractivity contribution in [2.75, 3.05) is 10.0 Å². The zero-order valence-corrected chi connectivity index (χ0v) is 49.5. The highest BCUT2D eigenvalue weighted by atomic mass is 32.2. The van der Waals surface area contributed by atoms with Crippen LogP contribution in [-0.2, 0) is 40.1 Å². The van der Waals surface area contributed by atoms with Crippen LogP contribution >= 0.6 is 0 Å². The fourth-order valence-corrected chi connectivity index (χ4v) is 15.8. The molecule has 10 rings (SSSR count). The van der Waals surface area contributed by atoms with Crippen molar-refractivity contribution < 1.29 is 77.2 Å². The van der Waals surface area contributed by atoms with Crippen molar-refractivity contribution in [2.24, 2.45) is 4.99 Å². The minimum absolute atomic E-state index is 0.0177. The number of fused-ring (bicyclic) bond motifs is 4. The summed E-state index contributed by atoms with van der Waals surface area (Å²) in [6.07, 6.45) is 0. The number of hydrogen-bond donors (Lipinski definition) is 8. The van der Waals surface area contributed by atoms with Crippen LogP contribution in [0.3, 0.4) is 0 Å². The number of benzene rings is 9. The minimum Gasteiger partial charge on any atom is -0.506 e. The van der Waals surface area contributed by atoms with Gasteiger partial charge in [0.1, 0.15) is 43.8 Å². The first-order chi connectivity index (χ1) is 39.8. The number of anilines is 3. The standard InChI is InChI=1S/C61H51N3O17S4/c1-28-30(3)56(64-83(73,74)51-26-45(61(69)70)58(66)40-18-12-10-16-38(40)51)31(4)29(2)54(28)62-36-21-22-41-47(23-36)81-48-27-46(52(85(78,79)80)24-43(48)53(41)42-19-13-14-20-49(42)84(75,76)77)63-55-32(5)34(7)59(35(8)33(55)6)82(71,72)50-25-44(60(67)68)57(65)39-17-11-9-15-37(39)50/h9-27,62,64-66H,1-8H3,(H,67,68)(H,69,70)(H,75,76,77)(H,78,79,80). The van der Waals surface area contributed by atoms with Gasteiger partial charge in [0.2, 0.25) is 9.84 Å². The molecule has 1 heterocycles. The number of phenols is 2. The van der Waals surface area contributed by atoms with Crippen molar-refractivity contribution in [2.45, 2.75) is 79.9 Å². The Balaban J connectivity index is 1.14. The lowest BCUT2D eigenvalue weighted by Gasteiger charge is -2.23. The Bertz CT molecular complexity index is 5110. The van der Waals surface area contributed by atoms with Crippen LogP contribution in [0.15, 0.2) is 149 Å². The number of rotatable bonds is 13. The molecule has 0 saturated carbocycles. The predicted octanol–water partition coefficient (Wildman–Crippen LogP) is 11.9. The highest BCUT2D eigenvalue weighted by Crippen LogP contribution is 2.47. The van der Waals surface area contributed by atoms with E-state index in [0.717, 1.165) is 24.3 Å². The summed E-state index contributed by atoms with van der Waals surface area (Å²) < 4.78 is 142. The third-order valence-electron chi connectivity index (χ3n) is 15.7. The van der Waals surface area contributed by atoms with Crippen LogP contribution in [0.2, 0.25) is 0 Å².